The molecule has 0 bridgehead atoms. The molecule has 2 N–H and O–H groups in total. The zero-order valence-corrected chi connectivity index (χ0v) is 8.96. The summed E-state index contributed by atoms with van der Waals surface area (Å²) < 4.78 is 5.22. The Morgan fingerprint density at radius 1 is 1.15 bits per heavy atom. The quantitative estimate of drug-likeness (QED) is 0.881. The van der Waals surface area contributed by atoms with Gasteiger partial charge in [0, 0.05) is 11.6 Å². The summed E-state index contributed by atoms with van der Waals surface area (Å²) >= 11 is 17.4. The molecule has 0 spiro atoms. The van der Waals surface area contributed by atoms with Crippen molar-refractivity contribution < 1.29 is 4.74 Å². The van der Waals surface area contributed by atoms with Crippen LogP contribution in [0, 0.1) is 0 Å². The number of benzene rings is 1. The van der Waals surface area contributed by atoms with Gasteiger partial charge in [0.1, 0.15) is 6.61 Å². The van der Waals surface area contributed by atoms with Gasteiger partial charge < -0.3 is 10.5 Å². The van der Waals surface area contributed by atoms with E-state index in [-0.39, 0.29) is 0 Å². The third-order valence-corrected chi connectivity index (χ3v) is 2.11. The molecule has 0 fully saturated rings. The van der Waals surface area contributed by atoms with Crippen LogP contribution in [0.15, 0.2) is 12.1 Å². The summed E-state index contributed by atoms with van der Waals surface area (Å²) in [4.78, 5) is 0. The van der Waals surface area contributed by atoms with Crippen LogP contribution in [0.2, 0.25) is 15.1 Å². The summed E-state index contributed by atoms with van der Waals surface area (Å²) in [5.41, 5.74) is 5.27. The molecule has 0 aliphatic rings. The van der Waals surface area contributed by atoms with Gasteiger partial charge in [0.25, 0.3) is 0 Å². The van der Waals surface area contributed by atoms with Crippen LogP contribution in [0.1, 0.15) is 0 Å². The van der Waals surface area contributed by atoms with E-state index in [9.17, 15) is 0 Å². The minimum absolute atomic E-state index is 0.376. The summed E-state index contributed by atoms with van der Waals surface area (Å²) in [7, 11) is 0. The Labute approximate surface area is 91.5 Å². The standard InChI is InChI=1S/C8H8Cl3NO/c9-5-3-6(10)8(7(11)4-5)13-2-1-12/h3-4H,1-2,12H2. The highest BCUT2D eigenvalue weighted by atomic mass is 35.5. The molecule has 0 amide bonds. The van der Waals surface area contributed by atoms with Gasteiger partial charge in [0.15, 0.2) is 5.75 Å². The fraction of sp³-hybridized carbons (Fsp3) is 0.250. The van der Waals surface area contributed by atoms with Crippen LogP contribution >= 0.6 is 34.8 Å². The average molecular weight is 241 g/mol. The number of rotatable bonds is 3. The van der Waals surface area contributed by atoms with E-state index in [4.69, 9.17) is 45.3 Å². The molecule has 0 radical (unpaired) electrons. The lowest BCUT2D eigenvalue weighted by Crippen LogP contribution is -2.10. The molecule has 0 unspecified atom stereocenters. The topological polar surface area (TPSA) is 35.2 Å². The number of halogens is 3. The van der Waals surface area contributed by atoms with Crippen molar-refractivity contribution in [2.45, 2.75) is 0 Å². The third-order valence-electron chi connectivity index (χ3n) is 1.33. The first kappa shape index (κ1) is 10.9. The maximum absolute atomic E-state index is 5.84. The zero-order chi connectivity index (χ0) is 9.84. The van der Waals surface area contributed by atoms with Crippen molar-refractivity contribution >= 4 is 34.8 Å². The average Bonchev–Trinajstić information content (AvgIpc) is 2.02. The van der Waals surface area contributed by atoms with E-state index in [0.717, 1.165) is 0 Å². The van der Waals surface area contributed by atoms with Crippen LogP contribution in [0.4, 0.5) is 0 Å². The highest BCUT2D eigenvalue weighted by Crippen LogP contribution is 2.35. The predicted octanol–water partition coefficient (Wildman–Crippen LogP) is 2.98. The number of hydrogen-bond donors (Lipinski definition) is 1. The lowest BCUT2D eigenvalue weighted by molar-refractivity contribution is 0.328. The van der Waals surface area contributed by atoms with E-state index in [0.29, 0.717) is 34.0 Å². The number of nitrogens with two attached hydrogens (primary N) is 1. The molecule has 1 aromatic rings. The fourth-order valence-corrected chi connectivity index (χ4v) is 1.75. The van der Waals surface area contributed by atoms with Crippen molar-refractivity contribution in [1.82, 2.24) is 0 Å². The van der Waals surface area contributed by atoms with Crippen LogP contribution in [0.25, 0.3) is 0 Å². The van der Waals surface area contributed by atoms with Gasteiger partial charge in [-0.05, 0) is 12.1 Å². The summed E-state index contributed by atoms with van der Waals surface area (Å²) in [6.07, 6.45) is 0. The molecule has 0 aliphatic carbocycles. The van der Waals surface area contributed by atoms with Gasteiger partial charge in [-0.3, -0.25) is 0 Å². The smallest absolute Gasteiger partial charge is 0.156 e. The Hall–Kier alpha value is -0.150. The van der Waals surface area contributed by atoms with Crippen molar-refractivity contribution in [1.29, 1.82) is 0 Å². The van der Waals surface area contributed by atoms with Gasteiger partial charge >= 0.3 is 0 Å². The van der Waals surface area contributed by atoms with Crippen LogP contribution < -0.4 is 10.5 Å². The fourth-order valence-electron chi connectivity index (χ4n) is 0.828. The third kappa shape index (κ3) is 2.92. The van der Waals surface area contributed by atoms with Crippen LogP contribution in [0.3, 0.4) is 0 Å². The molecule has 1 rings (SSSR count). The first-order valence-corrected chi connectivity index (χ1v) is 4.76. The lowest BCUT2D eigenvalue weighted by atomic mass is 10.3. The number of ether oxygens (including phenoxy) is 1. The molecule has 0 heterocycles. The second kappa shape index (κ2) is 4.91. The summed E-state index contributed by atoms with van der Waals surface area (Å²) in [5.74, 6) is 0.429. The van der Waals surface area contributed by atoms with E-state index in [1.54, 1.807) is 12.1 Å². The second-order valence-corrected chi connectivity index (χ2v) is 3.59. The number of hydrogen-bond acceptors (Lipinski definition) is 2. The van der Waals surface area contributed by atoms with E-state index in [1.807, 2.05) is 0 Å². The van der Waals surface area contributed by atoms with Crippen LogP contribution in [0.5, 0.6) is 5.75 Å². The normalized spacial score (nSPS) is 10.2. The lowest BCUT2D eigenvalue weighted by Gasteiger charge is -2.08. The molecule has 5 heteroatoms. The molecule has 2 nitrogen and oxygen atoms in total. The summed E-state index contributed by atoms with van der Waals surface area (Å²) in [5, 5.41) is 1.27. The van der Waals surface area contributed by atoms with Gasteiger partial charge in [0.05, 0.1) is 10.0 Å². The maximum atomic E-state index is 5.84. The summed E-state index contributed by atoms with van der Waals surface area (Å²) in [6, 6.07) is 3.14. The molecule has 72 valence electrons. The van der Waals surface area contributed by atoms with Crippen molar-refractivity contribution in [3.05, 3.63) is 27.2 Å². The first-order chi connectivity index (χ1) is 6.15. The second-order valence-electron chi connectivity index (χ2n) is 2.34. The van der Waals surface area contributed by atoms with Gasteiger partial charge in [0.2, 0.25) is 0 Å². The van der Waals surface area contributed by atoms with Crippen molar-refractivity contribution in [2.24, 2.45) is 5.73 Å². The van der Waals surface area contributed by atoms with Gasteiger partial charge in [-0.25, -0.2) is 0 Å². The highest BCUT2D eigenvalue weighted by Gasteiger charge is 2.08. The van der Waals surface area contributed by atoms with Crippen LogP contribution in [-0.2, 0) is 0 Å². The highest BCUT2D eigenvalue weighted by molar-refractivity contribution is 6.40. The van der Waals surface area contributed by atoms with Crippen molar-refractivity contribution in [3.63, 3.8) is 0 Å². The molecule has 0 saturated carbocycles. The van der Waals surface area contributed by atoms with Crippen LogP contribution in [-0.4, -0.2) is 13.2 Å². The molecule has 0 atom stereocenters. The SMILES string of the molecule is NCCOc1c(Cl)cc(Cl)cc1Cl. The van der Waals surface area contributed by atoms with Crippen molar-refractivity contribution in [3.8, 4) is 5.75 Å². The molecular formula is C8H8Cl3NO. The molecule has 1 aromatic carbocycles. The largest absolute Gasteiger partial charge is 0.489 e. The zero-order valence-electron chi connectivity index (χ0n) is 6.69. The Morgan fingerprint density at radius 2 is 1.69 bits per heavy atom. The summed E-state index contributed by atoms with van der Waals surface area (Å²) in [6.45, 7) is 0.788. The molecule has 13 heavy (non-hydrogen) atoms. The van der Waals surface area contributed by atoms with E-state index in [1.165, 1.54) is 0 Å². The van der Waals surface area contributed by atoms with Gasteiger partial charge in [-0.1, -0.05) is 34.8 Å². The molecule has 0 saturated heterocycles. The van der Waals surface area contributed by atoms with E-state index >= 15 is 0 Å². The molecular weight excluding hydrogens is 232 g/mol. The Balaban J connectivity index is 2.92. The minimum Gasteiger partial charge on any atom is -0.489 e. The van der Waals surface area contributed by atoms with Crippen molar-refractivity contribution in [2.75, 3.05) is 13.2 Å². The van der Waals surface area contributed by atoms with E-state index < -0.39 is 0 Å². The Kier molecular flexibility index (Phi) is 4.13. The predicted molar refractivity (Wildman–Crippen MR) is 56.0 cm³/mol. The monoisotopic (exact) mass is 239 g/mol. The van der Waals surface area contributed by atoms with E-state index in [2.05, 4.69) is 0 Å². The first-order valence-electron chi connectivity index (χ1n) is 3.62. The Morgan fingerprint density at radius 3 is 2.15 bits per heavy atom. The minimum atomic E-state index is 0.376. The van der Waals surface area contributed by atoms with Gasteiger partial charge in [-0.15, -0.1) is 0 Å². The molecule has 0 aromatic heterocycles. The maximum Gasteiger partial charge on any atom is 0.156 e. The Bertz CT molecular complexity index is 280. The molecule has 0 aliphatic heterocycles. The van der Waals surface area contributed by atoms with Gasteiger partial charge in [-0.2, -0.15) is 0 Å².